The standard InChI is InChI=1S/C23H27N3O3S/c1-2-3-11-29-22(28)17-7-9-19(10-8-17)24-23(30)25-13-16-12-18(15-25)20-5-4-6-21(27)26(20)14-16/h4-10,16,18H,2-3,11-15H2,1H3,(H,24,30)/t16-,18+/m1/s1. The van der Waals surface area contributed by atoms with Gasteiger partial charge in [-0.3, -0.25) is 4.79 Å². The first kappa shape index (κ1) is 20.6. The van der Waals surface area contributed by atoms with Gasteiger partial charge in [0.05, 0.1) is 12.2 Å². The quantitative estimate of drug-likeness (QED) is 0.448. The molecular weight excluding hydrogens is 398 g/mol. The minimum Gasteiger partial charge on any atom is -0.462 e. The first-order valence-corrected chi connectivity index (χ1v) is 11.0. The number of carbonyl (C=O) groups excluding carboxylic acids is 1. The second-order valence-electron chi connectivity index (χ2n) is 8.10. The van der Waals surface area contributed by atoms with Gasteiger partial charge in [0.15, 0.2) is 5.11 Å². The third-order valence-corrected chi connectivity index (χ3v) is 6.23. The summed E-state index contributed by atoms with van der Waals surface area (Å²) < 4.78 is 7.17. The number of nitrogens with one attached hydrogen (secondary N) is 1. The number of piperidine rings is 1. The summed E-state index contributed by atoms with van der Waals surface area (Å²) in [5.41, 5.74) is 2.58. The van der Waals surface area contributed by atoms with E-state index >= 15 is 0 Å². The van der Waals surface area contributed by atoms with Gasteiger partial charge >= 0.3 is 5.97 Å². The Bertz CT molecular complexity index is 986. The van der Waals surface area contributed by atoms with Gasteiger partial charge in [-0.05, 0) is 61.3 Å². The van der Waals surface area contributed by atoms with Crippen molar-refractivity contribution in [1.82, 2.24) is 9.47 Å². The fourth-order valence-electron chi connectivity index (χ4n) is 4.35. The van der Waals surface area contributed by atoms with Gasteiger partial charge in [0.2, 0.25) is 0 Å². The highest BCUT2D eigenvalue weighted by atomic mass is 32.1. The fraction of sp³-hybridized carbons (Fsp3) is 0.435. The molecule has 30 heavy (non-hydrogen) atoms. The number of aromatic nitrogens is 1. The lowest BCUT2D eigenvalue weighted by atomic mass is 9.83. The Morgan fingerprint density at radius 3 is 2.73 bits per heavy atom. The zero-order valence-electron chi connectivity index (χ0n) is 17.2. The molecule has 1 N–H and O–H groups in total. The van der Waals surface area contributed by atoms with Crippen molar-refractivity contribution in [3.63, 3.8) is 0 Å². The molecule has 0 aliphatic carbocycles. The number of carbonyl (C=O) groups is 1. The van der Waals surface area contributed by atoms with Crippen LogP contribution in [0.2, 0.25) is 0 Å². The molecule has 0 saturated carbocycles. The zero-order valence-corrected chi connectivity index (χ0v) is 18.0. The molecule has 1 saturated heterocycles. The molecule has 0 unspecified atom stereocenters. The maximum absolute atomic E-state index is 12.2. The van der Waals surface area contributed by atoms with E-state index in [1.54, 1.807) is 18.2 Å². The van der Waals surface area contributed by atoms with E-state index in [1.165, 1.54) is 0 Å². The largest absolute Gasteiger partial charge is 0.462 e. The van der Waals surface area contributed by atoms with Gasteiger partial charge in [-0.25, -0.2) is 4.79 Å². The van der Waals surface area contributed by atoms with E-state index < -0.39 is 0 Å². The average Bonchev–Trinajstić information content (AvgIpc) is 2.75. The molecular formula is C23H27N3O3S. The second-order valence-corrected chi connectivity index (χ2v) is 8.49. The van der Waals surface area contributed by atoms with Crippen molar-refractivity contribution in [2.24, 2.45) is 5.92 Å². The molecule has 1 aromatic carbocycles. The number of anilines is 1. The molecule has 1 fully saturated rings. The number of thiocarbonyl (C=S) groups is 1. The lowest BCUT2D eigenvalue weighted by molar-refractivity contribution is 0.0500. The maximum atomic E-state index is 12.2. The van der Waals surface area contributed by atoms with E-state index in [9.17, 15) is 9.59 Å². The highest BCUT2D eigenvalue weighted by Crippen LogP contribution is 2.35. The Morgan fingerprint density at radius 2 is 1.97 bits per heavy atom. The normalized spacial score (nSPS) is 19.7. The number of fused-ring (bicyclic) bond motifs is 4. The molecule has 158 valence electrons. The van der Waals surface area contributed by atoms with Crippen molar-refractivity contribution in [3.05, 3.63) is 64.1 Å². The second kappa shape index (κ2) is 9.00. The Hall–Kier alpha value is -2.67. The van der Waals surface area contributed by atoms with Crippen molar-refractivity contribution in [3.8, 4) is 0 Å². The molecule has 0 amide bonds. The van der Waals surface area contributed by atoms with E-state index in [-0.39, 0.29) is 11.5 Å². The van der Waals surface area contributed by atoms with Crippen LogP contribution in [0.3, 0.4) is 0 Å². The topological polar surface area (TPSA) is 63.6 Å². The smallest absolute Gasteiger partial charge is 0.338 e. The third kappa shape index (κ3) is 4.41. The SMILES string of the molecule is CCCCOC(=O)c1ccc(NC(=S)N2C[C@H]3C[C@@H](C2)c2cccc(=O)n2C3)cc1. The summed E-state index contributed by atoms with van der Waals surface area (Å²) in [6.45, 7) is 4.90. The monoisotopic (exact) mass is 425 g/mol. The lowest BCUT2D eigenvalue weighted by Crippen LogP contribution is -2.50. The van der Waals surface area contributed by atoms with Crippen molar-refractivity contribution in [2.45, 2.75) is 38.6 Å². The number of likely N-dealkylation sites (tertiary alicyclic amines) is 1. The van der Waals surface area contributed by atoms with Crippen LogP contribution in [0.4, 0.5) is 5.69 Å². The molecule has 2 atom stereocenters. The molecule has 6 nitrogen and oxygen atoms in total. The van der Waals surface area contributed by atoms with Crippen molar-refractivity contribution in [1.29, 1.82) is 0 Å². The summed E-state index contributed by atoms with van der Waals surface area (Å²) in [7, 11) is 0. The van der Waals surface area contributed by atoms with E-state index in [2.05, 4.69) is 23.2 Å². The summed E-state index contributed by atoms with van der Waals surface area (Å²) in [6.07, 6.45) is 2.96. The lowest BCUT2D eigenvalue weighted by Gasteiger charge is -2.43. The highest BCUT2D eigenvalue weighted by Gasteiger charge is 2.35. The zero-order chi connectivity index (χ0) is 21.1. The summed E-state index contributed by atoms with van der Waals surface area (Å²) in [6, 6.07) is 12.8. The number of rotatable bonds is 5. The van der Waals surface area contributed by atoms with Gasteiger partial charge in [0, 0.05) is 43.0 Å². The van der Waals surface area contributed by atoms with Crippen molar-refractivity contribution in [2.75, 3.05) is 25.0 Å². The first-order valence-electron chi connectivity index (χ1n) is 10.6. The number of esters is 1. The average molecular weight is 426 g/mol. The van der Waals surface area contributed by atoms with E-state index in [4.69, 9.17) is 17.0 Å². The van der Waals surface area contributed by atoms with Crippen LogP contribution in [-0.2, 0) is 11.3 Å². The van der Waals surface area contributed by atoms with Gasteiger partial charge < -0.3 is 19.5 Å². The molecule has 3 heterocycles. The van der Waals surface area contributed by atoms with E-state index in [0.29, 0.717) is 29.1 Å². The summed E-state index contributed by atoms with van der Waals surface area (Å²) in [4.78, 5) is 26.4. The fourth-order valence-corrected chi connectivity index (χ4v) is 4.61. The number of unbranched alkanes of at least 4 members (excludes halogenated alkanes) is 1. The first-order chi connectivity index (χ1) is 14.5. The van der Waals surface area contributed by atoms with Crippen molar-refractivity contribution < 1.29 is 9.53 Å². The number of ether oxygens (including phenoxy) is 1. The van der Waals surface area contributed by atoms with E-state index in [1.807, 2.05) is 22.8 Å². The molecule has 1 aromatic heterocycles. The Kier molecular flexibility index (Phi) is 6.18. The third-order valence-electron chi connectivity index (χ3n) is 5.87. The Morgan fingerprint density at radius 1 is 1.17 bits per heavy atom. The molecule has 2 aromatic rings. The summed E-state index contributed by atoms with van der Waals surface area (Å²) in [5, 5.41) is 3.97. The van der Waals surface area contributed by atoms with Crippen molar-refractivity contribution >= 4 is 29.0 Å². The molecule has 4 rings (SSSR count). The van der Waals surface area contributed by atoms with Crippen LogP contribution >= 0.6 is 12.2 Å². The predicted octanol–water partition coefficient (Wildman–Crippen LogP) is 3.62. The van der Waals surface area contributed by atoms with Gasteiger partial charge in [-0.15, -0.1) is 0 Å². The molecule has 2 aliphatic heterocycles. The van der Waals surface area contributed by atoms with Gasteiger partial charge in [0.25, 0.3) is 5.56 Å². The number of hydrogen-bond acceptors (Lipinski definition) is 4. The molecule has 0 radical (unpaired) electrons. The molecule has 0 spiro atoms. The van der Waals surface area contributed by atoms with Crippen LogP contribution in [-0.4, -0.2) is 40.2 Å². The summed E-state index contributed by atoms with van der Waals surface area (Å²) >= 11 is 5.67. The van der Waals surface area contributed by atoms with Gasteiger partial charge in [-0.2, -0.15) is 0 Å². The number of nitrogens with zero attached hydrogens (tertiary/aromatic N) is 2. The maximum Gasteiger partial charge on any atom is 0.338 e. The van der Waals surface area contributed by atoms with Crippen LogP contribution in [0.15, 0.2) is 47.3 Å². The number of hydrogen-bond donors (Lipinski definition) is 1. The Balaban J connectivity index is 1.38. The van der Waals surface area contributed by atoms with Crippen LogP contribution in [0.5, 0.6) is 0 Å². The van der Waals surface area contributed by atoms with E-state index in [0.717, 1.165) is 50.3 Å². The minimum atomic E-state index is -0.296. The predicted molar refractivity (Wildman–Crippen MR) is 121 cm³/mol. The van der Waals surface area contributed by atoms with Crippen LogP contribution in [0.25, 0.3) is 0 Å². The highest BCUT2D eigenvalue weighted by molar-refractivity contribution is 7.80. The van der Waals surface area contributed by atoms with Gasteiger partial charge in [-0.1, -0.05) is 19.4 Å². The molecule has 7 heteroatoms. The number of benzene rings is 1. The minimum absolute atomic E-state index is 0.0877. The summed E-state index contributed by atoms with van der Waals surface area (Å²) in [5.74, 6) is 0.429. The Labute approximate surface area is 181 Å². The van der Waals surface area contributed by atoms with Crippen LogP contribution in [0, 0.1) is 5.92 Å². The molecule has 2 aliphatic rings. The van der Waals surface area contributed by atoms with Gasteiger partial charge in [0.1, 0.15) is 0 Å². The molecule has 2 bridgehead atoms. The number of pyridine rings is 1. The van der Waals surface area contributed by atoms with Crippen LogP contribution < -0.4 is 10.9 Å². The van der Waals surface area contributed by atoms with Crippen LogP contribution in [0.1, 0.15) is 48.2 Å².